The van der Waals surface area contributed by atoms with Gasteiger partial charge in [0.1, 0.15) is 5.60 Å². The quantitative estimate of drug-likeness (QED) is 0.673. The monoisotopic (exact) mass is 390 g/mol. The molecule has 0 bridgehead atoms. The van der Waals surface area contributed by atoms with Crippen molar-refractivity contribution >= 4 is 23.7 Å². The third-order valence-corrected chi connectivity index (χ3v) is 4.27. The number of para-hydroxylation sites is 1. The lowest BCUT2D eigenvalue weighted by Crippen LogP contribution is -2.45. The molecule has 0 aliphatic carbocycles. The third kappa shape index (κ3) is 7.46. The highest BCUT2D eigenvalue weighted by molar-refractivity contribution is 5.89. The Kier molecular flexibility index (Phi) is 7.66. The lowest BCUT2D eigenvalue weighted by Gasteiger charge is -2.31. The average Bonchev–Trinajstić information content (AvgIpc) is 2.64. The van der Waals surface area contributed by atoms with Gasteiger partial charge in [-0.2, -0.15) is 0 Å². The standard InChI is InChI=1S/C20H30N4O4/c1-20(2,3)28-19(27)22-12-11-21-17(25)15-9-13-24(14-10-15)18(26)23-16-7-5-4-6-8-16/h4-8,15H,9-14H2,1-3H3,(H,21,25)(H,22,27)(H,23,26). The Labute approximate surface area is 166 Å². The van der Waals surface area contributed by atoms with Crippen LogP contribution in [0.15, 0.2) is 30.3 Å². The molecular formula is C20H30N4O4. The molecule has 3 N–H and O–H groups in total. The van der Waals surface area contributed by atoms with Gasteiger partial charge in [-0.25, -0.2) is 9.59 Å². The first kappa shape index (κ1) is 21.5. The Morgan fingerprint density at radius 1 is 1.04 bits per heavy atom. The number of benzene rings is 1. The highest BCUT2D eigenvalue weighted by atomic mass is 16.6. The van der Waals surface area contributed by atoms with Gasteiger partial charge in [0.05, 0.1) is 0 Å². The van der Waals surface area contributed by atoms with Crippen molar-refractivity contribution < 1.29 is 19.1 Å². The molecule has 28 heavy (non-hydrogen) atoms. The van der Waals surface area contributed by atoms with Gasteiger partial charge in [0.25, 0.3) is 0 Å². The summed E-state index contributed by atoms with van der Waals surface area (Å²) in [6.45, 7) is 7.09. The molecule has 0 atom stereocenters. The number of hydrogen-bond acceptors (Lipinski definition) is 4. The van der Waals surface area contributed by atoms with Crippen LogP contribution in [0.2, 0.25) is 0 Å². The van der Waals surface area contributed by atoms with Crippen molar-refractivity contribution in [3.05, 3.63) is 30.3 Å². The van der Waals surface area contributed by atoms with Crippen LogP contribution < -0.4 is 16.0 Å². The molecule has 154 valence electrons. The number of hydrogen-bond donors (Lipinski definition) is 3. The molecule has 0 saturated carbocycles. The van der Waals surface area contributed by atoms with E-state index in [0.717, 1.165) is 5.69 Å². The number of alkyl carbamates (subject to hydrolysis) is 1. The van der Waals surface area contributed by atoms with Crippen LogP contribution >= 0.6 is 0 Å². The summed E-state index contributed by atoms with van der Waals surface area (Å²) >= 11 is 0. The van der Waals surface area contributed by atoms with Crippen LogP contribution in [-0.4, -0.2) is 54.7 Å². The topological polar surface area (TPSA) is 99.8 Å². The average molecular weight is 390 g/mol. The van der Waals surface area contributed by atoms with Crippen molar-refractivity contribution in [2.45, 2.75) is 39.2 Å². The Balaban J connectivity index is 1.63. The number of nitrogens with zero attached hydrogens (tertiary/aromatic N) is 1. The van der Waals surface area contributed by atoms with Crippen molar-refractivity contribution in [3.63, 3.8) is 0 Å². The number of piperidine rings is 1. The molecule has 8 heteroatoms. The lowest BCUT2D eigenvalue weighted by molar-refractivity contribution is -0.126. The Hall–Kier alpha value is -2.77. The molecule has 1 aliphatic heterocycles. The second-order valence-corrected chi connectivity index (χ2v) is 7.78. The van der Waals surface area contributed by atoms with E-state index in [9.17, 15) is 14.4 Å². The van der Waals surface area contributed by atoms with Crippen LogP contribution in [0.3, 0.4) is 0 Å². The molecule has 0 spiro atoms. The number of nitrogens with one attached hydrogen (secondary N) is 3. The zero-order chi connectivity index (χ0) is 20.6. The van der Waals surface area contributed by atoms with E-state index < -0.39 is 11.7 Å². The number of rotatable bonds is 5. The van der Waals surface area contributed by atoms with Gasteiger partial charge in [0.2, 0.25) is 5.91 Å². The van der Waals surface area contributed by atoms with Crippen molar-refractivity contribution in [1.29, 1.82) is 0 Å². The second-order valence-electron chi connectivity index (χ2n) is 7.78. The minimum absolute atomic E-state index is 0.0471. The summed E-state index contributed by atoms with van der Waals surface area (Å²) in [5.74, 6) is -0.170. The molecule has 0 aromatic heterocycles. The highest BCUT2D eigenvalue weighted by Gasteiger charge is 2.27. The van der Waals surface area contributed by atoms with Gasteiger partial charge in [0, 0.05) is 37.8 Å². The van der Waals surface area contributed by atoms with Gasteiger partial charge >= 0.3 is 12.1 Å². The lowest BCUT2D eigenvalue weighted by atomic mass is 9.96. The first-order valence-corrected chi connectivity index (χ1v) is 9.60. The van der Waals surface area contributed by atoms with Crippen LogP contribution in [0.5, 0.6) is 0 Å². The minimum Gasteiger partial charge on any atom is -0.444 e. The number of urea groups is 1. The minimum atomic E-state index is -0.548. The number of carbonyl (C=O) groups excluding carboxylic acids is 3. The van der Waals surface area contributed by atoms with E-state index in [0.29, 0.717) is 39.0 Å². The van der Waals surface area contributed by atoms with E-state index >= 15 is 0 Å². The van der Waals surface area contributed by atoms with Crippen LogP contribution in [0.1, 0.15) is 33.6 Å². The fraction of sp³-hybridized carbons (Fsp3) is 0.550. The van der Waals surface area contributed by atoms with Crippen molar-refractivity contribution in [1.82, 2.24) is 15.5 Å². The maximum absolute atomic E-state index is 12.3. The number of amides is 4. The summed E-state index contributed by atoms with van der Waals surface area (Å²) in [6.07, 6.45) is 0.737. The summed E-state index contributed by atoms with van der Waals surface area (Å²) in [7, 11) is 0. The van der Waals surface area contributed by atoms with Crippen LogP contribution in [0.4, 0.5) is 15.3 Å². The number of carbonyl (C=O) groups is 3. The van der Waals surface area contributed by atoms with Crippen LogP contribution in [0, 0.1) is 5.92 Å². The van der Waals surface area contributed by atoms with Crippen LogP contribution in [-0.2, 0) is 9.53 Å². The maximum atomic E-state index is 12.3. The Morgan fingerprint density at radius 2 is 1.64 bits per heavy atom. The molecular weight excluding hydrogens is 360 g/mol. The molecule has 0 unspecified atom stereocenters. The molecule has 1 aromatic rings. The fourth-order valence-corrected chi connectivity index (χ4v) is 2.88. The van der Waals surface area contributed by atoms with Gasteiger partial charge in [-0.3, -0.25) is 4.79 Å². The number of anilines is 1. The van der Waals surface area contributed by atoms with Crippen molar-refractivity contribution in [2.75, 3.05) is 31.5 Å². The molecule has 1 fully saturated rings. The summed E-state index contributed by atoms with van der Waals surface area (Å²) in [4.78, 5) is 37.8. The van der Waals surface area contributed by atoms with Gasteiger partial charge in [0.15, 0.2) is 0 Å². The number of likely N-dealkylation sites (tertiary alicyclic amines) is 1. The van der Waals surface area contributed by atoms with E-state index in [4.69, 9.17) is 4.74 Å². The smallest absolute Gasteiger partial charge is 0.407 e. The maximum Gasteiger partial charge on any atom is 0.407 e. The predicted molar refractivity (Wildman–Crippen MR) is 107 cm³/mol. The molecule has 2 rings (SSSR count). The Bertz CT molecular complexity index is 665. The van der Waals surface area contributed by atoms with Crippen molar-refractivity contribution in [3.8, 4) is 0 Å². The molecule has 1 saturated heterocycles. The van der Waals surface area contributed by atoms with Gasteiger partial charge < -0.3 is 25.6 Å². The van der Waals surface area contributed by atoms with Crippen LogP contribution in [0.25, 0.3) is 0 Å². The molecule has 1 heterocycles. The predicted octanol–water partition coefficient (Wildman–Crippen LogP) is 2.57. The first-order valence-electron chi connectivity index (χ1n) is 9.60. The zero-order valence-electron chi connectivity index (χ0n) is 16.8. The summed E-state index contributed by atoms with van der Waals surface area (Å²) in [6, 6.07) is 9.15. The van der Waals surface area contributed by atoms with E-state index in [1.165, 1.54) is 0 Å². The van der Waals surface area contributed by atoms with Gasteiger partial charge in [-0.05, 0) is 45.7 Å². The molecule has 8 nitrogen and oxygen atoms in total. The van der Waals surface area contributed by atoms with E-state index in [-0.39, 0.29) is 17.9 Å². The largest absolute Gasteiger partial charge is 0.444 e. The summed E-state index contributed by atoms with van der Waals surface area (Å²) in [5.41, 5.74) is 0.207. The van der Waals surface area contributed by atoms with E-state index in [2.05, 4.69) is 16.0 Å². The molecule has 1 aliphatic rings. The molecule has 4 amide bonds. The van der Waals surface area contributed by atoms with Gasteiger partial charge in [-0.15, -0.1) is 0 Å². The first-order chi connectivity index (χ1) is 13.2. The molecule has 1 aromatic carbocycles. The highest BCUT2D eigenvalue weighted by Crippen LogP contribution is 2.18. The molecule has 0 radical (unpaired) electrons. The van der Waals surface area contributed by atoms with Crippen molar-refractivity contribution in [2.24, 2.45) is 5.92 Å². The van der Waals surface area contributed by atoms with Gasteiger partial charge in [-0.1, -0.05) is 18.2 Å². The summed E-state index contributed by atoms with van der Waals surface area (Å²) < 4.78 is 5.13. The van der Waals surface area contributed by atoms with E-state index in [1.54, 1.807) is 25.7 Å². The fourth-order valence-electron chi connectivity index (χ4n) is 2.88. The Morgan fingerprint density at radius 3 is 2.25 bits per heavy atom. The van der Waals surface area contributed by atoms with E-state index in [1.807, 2.05) is 30.3 Å². The summed E-state index contributed by atoms with van der Waals surface area (Å²) in [5, 5.41) is 8.29. The second kappa shape index (κ2) is 9.96. The SMILES string of the molecule is CC(C)(C)OC(=O)NCCNC(=O)C1CCN(C(=O)Nc2ccccc2)CC1. The normalized spacial score (nSPS) is 14.9. The number of ether oxygens (including phenoxy) is 1. The zero-order valence-corrected chi connectivity index (χ0v) is 16.8. The third-order valence-electron chi connectivity index (χ3n) is 4.27.